The number of allylic oxidation sites excluding steroid dienone is 1. The van der Waals surface area contributed by atoms with Gasteiger partial charge in [0.1, 0.15) is 29.8 Å². The van der Waals surface area contributed by atoms with Crippen LogP contribution in [0.25, 0.3) is 5.57 Å². The molecular formula is C22H26ClN7O2. The summed E-state index contributed by atoms with van der Waals surface area (Å²) in [6.45, 7) is 8.61. The molecule has 0 bridgehead atoms. The number of primary amides is 1. The van der Waals surface area contributed by atoms with Crippen LogP contribution in [0.3, 0.4) is 0 Å². The molecule has 0 radical (unpaired) electrons. The Bertz CT molecular complexity index is 1120. The lowest BCUT2D eigenvalue weighted by molar-refractivity contribution is 0.158. The quantitative estimate of drug-likeness (QED) is 0.682. The number of aromatic nitrogens is 2. The second-order valence-corrected chi connectivity index (χ2v) is 8.25. The molecule has 1 saturated heterocycles. The van der Waals surface area contributed by atoms with E-state index in [9.17, 15) is 10.1 Å². The Morgan fingerprint density at radius 2 is 2.12 bits per heavy atom. The van der Waals surface area contributed by atoms with Crippen molar-refractivity contribution in [3.63, 3.8) is 0 Å². The summed E-state index contributed by atoms with van der Waals surface area (Å²) in [5.74, 6) is 1.40. The number of urea groups is 1. The number of benzene rings is 1. The van der Waals surface area contributed by atoms with Crippen molar-refractivity contribution in [1.82, 2.24) is 14.9 Å². The average Bonchev–Trinajstić information content (AvgIpc) is 2.70. The number of likely N-dealkylation sites (tertiary alicyclic amines) is 1. The number of amides is 2. The molecule has 1 atom stereocenters. The van der Waals surface area contributed by atoms with E-state index in [4.69, 9.17) is 27.8 Å². The van der Waals surface area contributed by atoms with Crippen LogP contribution in [-0.4, -0.2) is 48.1 Å². The van der Waals surface area contributed by atoms with E-state index in [1.807, 2.05) is 25.8 Å². The molecule has 0 spiro atoms. The Balaban J connectivity index is 2.11. The lowest BCUT2D eigenvalue weighted by Gasteiger charge is -2.40. The monoisotopic (exact) mass is 455 g/mol. The lowest BCUT2D eigenvalue weighted by Crippen LogP contribution is -2.51. The van der Waals surface area contributed by atoms with Crippen molar-refractivity contribution >= 4 is 34.8 Å². The highest BCUT2D eigenvalue weighted by Crippen LogP contribution is 2.44. The van der Waals surface area contributed by atoms with Gasteiger partial charge in [0.05, 0.1) is 29.3 Å². The molecule has 3 rings (SSSR count). The summed E-state index contributed by atoms with van der Waals surface area (Å²) in [6.07, 6.45) is 1.40. The number of nitrogens with two attached hydrogens (primary N) is 2. The number of rotatable bonds is 6. The van der Waals surface area contributed by atoms with Gasteiger partial charge >= 0.3 is 6.03 Å². The number of halogens is 1. The minimum absolute atomic E-state index is 0.109. The SMILES string of the molecule is C=C(C)c1c(N)ncnc1N(C)C(C)c1cc(Cl)c(C#N)c(C2CN(C(N)=O)C2)c1OC. The van der Waals surface area contributed by atoms with Gasteiger partial charge in [0.25, 0.3) is 0 Å². The highest BCUT2D eigenvalue weighted by Gasteiger charge is 2.37. The van der Waals surface area contributed by atoms with Crippen LogP contribution < -0.4 is 21.1 Å². The van der Waals surface area contributed by atoms with E-state index in [2.05, 4.69) is 22.6 Å². The predicted molar refractivity (Wildman–Crippen MR) is 125 cm³/mol. The third-order valence-electron chi connectivity index (χ3n) is 5.86. The van der Waals surface area contributed by atoms with Gasteiger partial charge in [-0.25, -0.2) is 14.8 Å². The normalized spacial score (nSPS) is 14.3. The van der Waals surface area contributed by atoms with Gasteiger partial charge in [-0.2, -0.15) is 5.26 Å². The summed E-state index contributed by atoms with van der Waals surface area (Å²) in [5.41, 5.74) is 14.6. The fourth-order valence-corrected chi connectivity index (χ4v) is 4.27. The summed E-state index contributed by atoms with van der Waals surface area (Å²) >= 11 is 6.53. The maximum atomic E-state index is 11.5. The van der Waals surface area contributed by atoms with E-state index >= 15 is 0 Å². The van der Waals surface area contributed by atoms with Gasteiger partial charge in [-0.1, -0.05) is 18.2 Å². The number of ether oxygens (including phenoxy) is 1. The van der Waals surface area contributed by atoms with Crippen LogP contribution >= 0.6 is 11.6 Å². The number of anilines is 2. The van der Waals surface area contributed by atoms with Gasteiger partial charge in [0, 0.05) is 37.2 Å². The van der Waals surface area contributed by atoms with E-state index in [1.54, 1.807) is 13.2 Å². The number of nitriles is 1. The minimum Gasteiger partial charge on any atom is -0.496 e. The molecule has 168 valence electrons. The molecule has 0 saturated carbocycles. The molecule has 2 amide bonds. The van der Waals surface area contributed by atoms with Crippen molar-refractivity contribution in [2.45, 2.75) is 25.8 Å². The Hall–Kier alpha value is -3.51. The zero-order valence-corrected chi connectivity index (χ0v) is 19.3. The van der Waals surface area contributed by atoms with Gasteiger partial charge < -0.3 is 26.0 Å². The van der Waals surface area contributed by atoms with Crippen LogP contribution in [0.4, 0.5) is 16.4 Å². The highest BCUT2D eigenvalue weighted by molar-refractivity contribution is 6.32. The van der Waals surface area contributed by atoms with Crippen molar-refractivity contribution in [1.29, 1.82) is 5.26 Å². The first-order valence-electron chi connectivity index (χ1n) is 9.96. The molecular weight excluding hydrogens is 430 g/mol. The fourth-order valence-electron chi connectivity index (χ4n) is 4.01. The topological polar surface area (TPSA) is 134 Å². The number of nitrogen functional groups attached to an aromatic ring is 1. The first-order chi connectivity index (χ1) is 15.1. The predicted octanol–water partition coefficient (Wildman–Crippen LogP) is 3.30. The van der Waals surface area contributed by atoms with Gasteiger partial charge in [0.2, 0.25) is 0 Å². The molecule has 1 aliphatic rings. The molecule has 1 unspecified atom stereocenters. The molecule has 1 aromatic carbocycles. The van der Waals surface area contributed by atoms with Gasteiger partial charge in [0.15, 0.2) is 0 Å². The Kier molecular flexibility index (Phi) is 6.46. The Labute approximate surface area is 192 Å². The maximum absolute atomic E-state index is 11.5. The number of nitrogens with zero attached hydrogens (tertiary/aromatic N) is 5. The number of hydrogen-bond acceptors (Lipinski definition) is 7. The van der Waals surface area contributed by atoms with E-state index < -0.39 is 6.03 Å². The fraction of sp³-hybridized carbons (Fsp3) is 0.364. The van der Waals surface area contributed by atoms with E-state index in [0.29, 0.717) is 52.2 Å². The number of methoxy groups -OCH3 is 1. The van der Waals surface area contributed by atoms with Crippen molar-refractivity contribution in [2.75, 3.05) is 37.9 Å². The summed E-state index contributed by atoms with van der Waals surface area (Å²) in [4.78, 5) is 23.4. The molecule has 1 aliphatic heterocycles. The van der Waals surface area contributed by atoms with Crippen LogP contribution in [0.15, 0.2) is 19.0 Å². The van der Waals surface area contributed by atoms with Gasteiger partial charge in [-0.15, -0.1) is 0 Å². The van der Waals surface area contributed by atoms with Crippen LogP contribution in [-0.2, 0) is 0 Å². The molecule has 4 N–H and O–H groups in total. The van der Waals surface area contributed by atoms with Gasteiger partial charge in [-0.3, -0.25) is 0 Å². The van der Waals surface area contributed by atoms with E-state index in [0.717, 1.165) is 11.1 Å². The third kappa shape index (κ3) is 3.89. The Morgan fingerprint density at radius 3 is 2.66 bits per heavy atom. The molecule has 9 nitrogen and oxygen atoms in total. The number of hydrogen-bond donors (Lipinski definition) is 2. The van der Waals surface area contributed by atoms with Crippen molar-refractivity contribution in [3.8, 4) is 11.8 Å². The summed E-state index contributed by atoms with van der Waals surface area (Å²) in [5, 5.41) is 10.1. The van der Waals surface area contributed by atoms with Crippen LogP contribution in [0.1, 0.15) is 48.1 Å². The van der Waals surface area contributed by atoms with E-state index in [-0.39, 0.29) is 12.0 Å². The first kappa shape index (κ1) is 23.2. The lowest BCUT2D eigenvalue weighted by atomic mass is 9.85. The van der Waals surface area contributed by atoms with Crippen LogP contribution in [0.5, 0.6) is 5.75 Å². The minimum atomic E-state index is -0.497. The standard InChI is InChI=1S/C22H26ClN7O2/c1-11(2)17-20(25)27-10-28-21(17)29(4)12(3)14-6-16(23)15(7-24)18(19(14)32-5)13-8-30(9-13)22(26)31/h6,10,12-13H,1,8-9H2,2-5H3,(H2,26,31)(H2,25,27,28). The van der Waals surface area contributed by atoms with E-state index in [1.165, 1.54) is 11.2 Å². The summed E-state index contributed by atoms with van der Waals surface area (Å²) in [6, 6.07) is 3.16. The molecule has 2 aromatic rings. The highest BCUT2D eigenvalue weighted by atomic mass is 35.5. The van der Waals surface area contributed by atoms with Gasteiger partial charge in [-0.05, 0) is 25.5 Å². The molecule has 2 heterocycles. The molecule has 10 heteroatoms. The first-order valence-corrected chi connectivity index (χ1v) is 10.3. The third-order valence-corrected chi connectivity index (χ3v) is 6.16. The number of carbonyl (C=O) groups is 1. The molecule has 32 heavy (non-hydrogen) atoms. The van der Waals surface area contributed by atoms with Crippen molar-refractivity contribution in [2.24, 2.45) is 5.73 Å². The zero-order valence-electron chi connectivity index (χ0n) is 18.5. The Morgan fingerprint density at radius 1 is 1.47 bits per heavy atom. The van der Waals surface area contributed by atoms with Crippen LogP contribution in [0.2, 0.25) is 5.02 Å². The molecule has 0 aliphatic carbocycles. The largest absolute Gasteiger partial charge is 0.496 e. The van der Waals surface area contributed by atoms with Crippen molar-refractivity contribution in [3.05, 3.63) is 46.2 Å². The molecule has 1 aromatic heterocycles. The smallest absolute Gasteiger partial charge is 0.314 e. The zero-order chi connectivity index (χ0) is 23.7. The second-order valence-electron chi connectivity index (χ2n) is 7.85. The summed E-state index contributed by atoms with van der Waals surface area (Å²) in [7, 11) is 3.43. The number of carbonyl (C=O) groups excluding carboxylic acids is 1. The second kappa shape index (κ2) is 8.93. The van der Waals surface area contributed by atoms with Crippen LogP contribution in [0, 0.1) is 11.3 Å². The summed E-state index contributed by atoms with van der Waals surface area (Å²) < 4.78 is 5.79. The molecule has 1 fully saturated rings. The van der Waals surface area contributed by atoms with Crippen molar-refractivity contribution < 1.29 is 9.53 Å². The maximum Gasteiger partial charge on any atom is 0.314 e. The average molecular weight is 456 g/mol.